The van der Waals surface area contributed by atoms with E-state index in [0.717, 1.165) is 11.9 Å². The summed E-state index contributed by atoms with van der Waals surface area (Å²) in [5, 5.41) is 4.53. The number of halogens is 1. The van der Waals surface area contributed by atoms with Crippen LogP contribution in [0.15, 0.2) is 0 Å². The van der Waals surface area contributed by atoms with Crippen LogP contribution in [0.3, 0.4) is 0 Å². The van der Waals surface area contributed by atoms with Crippen molar-refractivity contribution in [1.82, 2.24) is 10.2 Å². The number of nitrogens with zero attached hydrogens (tertiary/aromatic N) is 1. The third kappa shape index (κ3) is 4.99. The van der Waals surface area contributed by atoms with Gasteiger partial charge in [0.1, 0.15) is 0 Å². The minimum Gasteiger partial charge on any atom is -0.313 e. The quantitative estimate of drug-likeness (QED) is 0.571. The molecular formula is C10H21BrN2. The summed E-state index contributed by atoms with van der Waals surface area (Å²) < 4.78 is 0. The van der Waals surface area contributed by atoms with Crippen molar-refractivity contribution in [3.63, 3.8) is 0 Å². The molecule has 3 heteroatoms. The van der Waals surface area contributed by atoms with Gasteiger partial charge < -0.3 is 10.2 Å². The second-order valence-electron chi connectivity index (χ2n) is 3.91. The lowest BCUT2D eigenvalue weighted by atomic mass is 10.3. The standard InChI is InChI=1S/C10H21BrN2/c1-10(9-11)12-5-4-8-13-6-2-3-7-13/h10,12H,2-9H2,1H3. The molecule has 1 unspecified atom stereocenters. The molecule has 13 heavy (non-hydrogen) atoms. The van der Waals surface area contributed by atoms with Crippen LogP contribution in [0, 0.1) is 0 Å². The molecule has 1 atom stereocenters. The molecule has 2 nitrogen and oxygen atoms in total. The molecule has 0 aromatic heterocycles. The molecule has 0 amide bonds. The van der Waals surface area contributed by atoms with E-state index in [0.29, 0.717) is 6.04 Å². The van der Waals surface area contributed by atoms with Gasteiger partial charge in [-0.1, -0.05) is 15.9 Å². The zero-order valence-electron chi connectivity index (χ0n) is 8.56. The molecule has 0 spiro atoms. The SMILES string of the molecule is CC(CBr)NCCCN1CCCC1. The van der Waals surface area contributed by atoms with Gasteiger partial charge in [0.15, 0.2) is 0 Å². The minimum absolute atomic E-state index is 0.610. The Hall–Kier alpha value is 0.400. The molecule has 1 rings (SSSR count). The zero-order valence-corrected chi connectivity index (χ0v) is 10.1. The van der Waals surface area contributed by atoms with Crippen molar-refractivity contribution in [2.45, 2.75) is 32.2 Å². The lowest BCUT2D eigenvalue weighted by Gasteiger charge is -2.15. The fraction of sp³-hybridized carbons (Fsp3) is 1.00. The molecule has 0 saturated carbocycles. The van der Waals surface area contributed by atoms with E-state index in [2.05, 4.69) is 33.1 Å². The Bertz CT molecular complexity index is 124. The maximum atomic E-state index is 3.48. The highest BCUT2D eigenvalue weighted by molar-refractivity contribution is 9.09. The average Bonchev–Trinajstić information content (AvgIpc) is 2.64. The molecule has 0 aliphatic carbocycles. The third-order valence-electron chi connectivity index (χ3n) is 2.57. The normalized spacial score (nSPS) is 20.8. The lowest BCUT2D eigenvalue weighted by molar-refractivity contribution is 0.329. The fourth-order valence-corrected chi connectivity index (χ4v) is 1.94. The second-order valence-corrected chi connectivity index (χ2v) is 4.56. The van der Waals surface area contributed by atoms with Gasteiger partial charge in [-0.3, -0.25) is 0 Å². The molecule has 1 saturated heterocycles. The van der Waals surface area contributed by atoms with E-state index in [9.17, 15) is 0 Å². The monoisotopic (exact) mass is 248 g/mol. The van der Waals surface area contributed by atoms with Crippen molar-refractivity contribution >= 4 is 15.9 Å². The molecule has 1 aliphatic rings. The van der Waals surface area contributed by atoms with Gasteiger partial charge >= 0.3 is 0 Å². The predicted octanol–water partition coefficient (Wildman–Crippen LogP) is 1.85. The van der Waals surface area contributed by atoms with Crippen LogP contribution in [0.4, 0.5) is 0 Å². The van der Waals surface area contributed by atoms with Gasteiger partial charge in [-0.25, -0.2) is 0 Å². The number of hydrogen-bond donors (Lipinski definition) is 1. The third-order valence-corrected chi connectivity index (χ3v) is 3.55. The van der Waals surface area contributed by atoms with Crippen molar-refractivity contribution in [3.8, 4) is 0 Å². The second kappa shape index (κ2) is 6.80. The topological polar surface area (TPSA) is 15.3 Å². The summed E-state index contributed by atoms with van der Waals surface area (Å²) in [5.74, 6) is 0. The van der Waals surface area contributed by atoms with E-state index in [-0.39, 0.29) is 0 Å². The van der Waals surface area contributed by atoms with Crippen LogP contribution < -0.4 is 5.32 Å². The van der Waals surface area contributed by atoms with Gasteiger partial charge in [-0.2, -0.15) is 0 Å². The van der Waals surface area contributed by atoms with Crippen LogP contribution in [0.1, 0.15) is 26.2 Å². The molecule has 0 aromatic rings. The van der Waals surface area contributed by atoms with Crippen molar-refractivity contribution in [2.24, 2.45) is 0 Å². The fourth-order valence-electron chi connectivity index (χ4n) is 1.71. The number of likely N-dealkylation sites (tertiary alicyclic amines) is 1. The highest BCUT2D eigenvalue weighted by Gasteiger charge is 2.10. The summed E-state index contributed by atoms with van der Waals surface area (Å²) in [6, 6.07) is 0.610. The van der Waals surface area contributed by atoms with Gasteiger partial charge in [0, 0.05) is 11.4 Å². The summed E-state index contributed by atoms with van der Waals surface area (Å²) in [5.41, 5.74) is 0. The summed E-state index contributed by atoms with van der Waals surface area (Å²) in [7, 11) is 0. The van der Waals surface area contributed by atoms with Gasteiger partial charge in [0.05, 0.1) is 0 Å². The van der Waals surface area contributed by atoms with Crippen molar-refractivity contribution in [1.29, 1.82) is 0 Å². The molecule has 1 N–H and O–H groups in total. The lowest BCUT2D eigenvalue weighted by Crippen LogP contribution is -2.31. The van der Waals surface area contributed by atoms with Crippen LogP contribution in [0.25, 0.3) is 0 Å². The highest BCUT2D eigenvalue weighted by atomic mass is 79.9. The Balaban J connectivity index is 1.88. The van der Waals surface area contributed by atoms with Crippen LogP contribution >= 0.6 is 15.9 Å². The van der Waals surface area contributed by atoms with E-state index in [1.165, 1.54) is 38.9 Å². The molecule has 0 bridgehead atoms. The largest absolute Gasteiger partial charge is 0.313 e. The molecule has 0 radical (unpaired) electrons. The number of hydrogen-bond acceptors (Lipinski definition) is 2. The Morgan fingerprint density at radius 1 is 1.38 bits per heavy atom. The number of alkyl halides is 1. The maximum absolute atomic E-state index is 3.48. The van der Waals surface area contributed by atoms with E-state index in [1.54, 1.807) is 0 Å². The van der Waals surface area contributed by atoms with Crippen molar-refractivity contribution < 1.29 is 0 Å². The molecule has 0 aromatic carbocycles. The maximum Gasteiger partial charge on any atom is 0.0183 e. The molecule has 78 valence electrons. The van der Waals surface area contributed by atoms with Gasteiger partial charge in [-0.05, 0) is 52.4 Å². The minimum atomic E-state index is 0.610. The average molecular weight is 249 g/mol. The molecule has 1 aliphatic heterocycles. The first-order chi connectivity index (χ1) is 6.33. The van der Waals surface area contributed by atoms with Gasteiger partial charge in [-0.15, -0.1) is 0 Å². The van der Waals surface area contributed by atoms with E-state index < -0.39 is 0 Å². The van der Waals surface area contributed by atoms with E-state index in [4.69, 9.17) is 0 Å². The molecule has 1 fully saturated rings. The summed E-state index contributed by atoms with van der Waals surface area (Å²) in [6.07, 6.45) is 4.10. The first-order valence-electron chi connectivity index (χ1n) is 5.34. The van der Waals surface area contributed by atoms with Crippen LogP contribution in [-0.4, -0.2) is 42.5 Å². The molecular weight excluding hydrogens is 228 g/mol. The van der Waals surface area contributed by atoms with E-state index in [1.807, 2.05) is 0 Å². The van der Waals surface area contributed by atoms with Crippen molar-refractivity contribution in [3.05, 3.63) is 0 Å². The number of rotatable bonds is 6. The van der Waals surface area contributed by atoms with Gasteiger partial charge in [0.2, 0.25) is 0 Å². The van der Waals surface area contributed by atoms with E-state index >= 15 is 0 Å². The summed E-state index contributed by atoms with van der Waals surface area (Å²) in [6.45, 7) is 7.30. The smallest absolute Gasteiger partial charge is 0.0183 e. The van der Waals surface area contributed by atoms with Crippen molar-refractivity contribution in [2.75, 3.05) is 31.5 Å². The first-order valence-corrected chi connectivity index (χ1v) is 6.47. The zero-order chi connectivity index (χ0) is 9.52. The number of nitrogens with one attached hydrogen (secondary N) is 1. The predicted molar refractivity (Wildman–Crippen MR) is 61.5 cm³/mol. The van der Waals surface area contributed by atoms with Crippen LogP contribution in [-0.2, 0) is 0 Å². The Morgan fingerprint density at radius 2 is 2.08 bits per heavy atom. The van der Waals surface area contributed by atoms with Crippen LogP contribution in [0.5, 0.6) is 0 Å². The Morgan fingerprint density at radius 3 is 2.69 bits per heavy atom. The first kappa shape index (κ1) is 11.5. The molecule has 1 heterocycles. The summed E-state index contributed by atoms with van der Waals surface area (Å²) in [4.78, 5) is 2.57. The van der Waals surface area contributed by atoms with Gasteiger partial charge in [0.25, 0.3) is 0 Å². The summed E-state index contributed by atoms with van der Waals surface area (Å²) >= 11 is 3.46. The Kier molecular flexibility index (Phi) is 6.00. The van der Waals surface area contributed by atoms with Crippen LogP contribution in [0.2, 0.25) is 0 Å². The highest BCUT2D eigenvalue weighted by Crippen LogP contribution is 2.06. The Labute approximate surface area is 90.2 Å².